The molecule has 0 aliphatic rings. The van der Waals surface area contributed by atoms with Crippen LogP contribution in [0.3, 0.4) is 0 Å². The van der Waals surface area contributed by atoms with Gasteiger partial charge in [-0.25, -0.2) is 0 Å². The fourth-order valence-corrected chi connectivity index (χ4v) is 6.16. The Kier molecular flexibility index (Phi) is 44.6. The number of aliphatic hydroxyl groups excluding tert-OH is 1. The topological polar surface area (TPSA) is 72.8 Å². The highest BCUT2D eigenvalue weighted by Gasteiger charge is 2.16. The van der Waals surface area contributed by atoms with Crippen molar-refractivity contribution in [3.8, 4) is 0 Å². The maximum absolute atomic E-state index is 12.2. The average Bonchev–Trinajstić information content (AvgIpc) is 3.21. The molecule has 0 saturated heterocycles. The smallest absolute Gasteiger partial charge is 0.306 e. The van der Waals surface area contributed by atoms with Crippen LogP contribution in [-0.2, 0) is 19.1 Å². The van der Waals surface area contributed by atoms with Gasteiger partial charge < -0.3 is 14.6 Å². The predicted molar refractivity (Wildman–Crippen MR) is 246 cm³/mol. The molecule has 0 spiro atoms. The van der Waals surface area contributed by atoms with Gasteiger partial charge in [-0.15, -0.1) is 0 Å². The fourth-order valence-electron chi connectivity index (χ4n) is 6.16. The molecule has 0 saturated carbocycles. The summed E-state index contributed by atoms with van der Waals surface area (Å²) < 4.78 is 10.6. The third-order valence-electron chi connectivity index (χ3n) is 9.64. The summed E-state index contributed by atoms with van der Waals surface area (Å²) in [6.45, 7) is 3.99. The second-order valence-corrected chi connectivity index (χ2v) is 15.1. The van der Waals surface area contributed by atoms with Gasteiger partial charge in [0.15, 0.2) is 6.10 Å². The molecule has 0 heterocycles. The summed E-state index contributed by atoms with van der Waals surface area (Å²) in [6, 6.07) is 0. The number of aliphatic hydroxyl groups is 1. The molecule has 5 heteroatoms. The molecule has 0 aromatic heterocycles. The van der Waals surface area contributed by atoms with Crippen molar-refractivity contribution in [1.82, 2.24) is 0 Å². The Balaban J connectivity index is 3.68. The molecule has 0 aliphatic heterocycles. The van der Waals surface area contributed by atoms with Crippen LogP contribution in [0.2, 0.25) is 0 Å². The van der Waals surface area contributed by atoms with Gasteiger partial charge in [-0.05, 0) is 77.0 Å². The summed E-state index contributed by atoms with van der Waals surface area (Å²) in [7, 11) is 0. The van der Waals surface area contributed by atoms with Gasteiger partial charge in [0.05, 0.1) is 6.61 Å². The van der Waals surface area contributed by atoms with Crippen molar-refractivity contribution in [2.24, 2.45) is 0 Å². The Morgan fingerprint density at radius 1 is 0.421 bits per heavy atom. The van der Waals surface area contributed by atoms with E-state index in [4.69, 9.17) is 9.47 Å². The molecule has 0 amide bonds. The van der Waals surface area contributed by atoms with E-state index < -0.39 is 6.10 Å². The standard InChI is InChI=1S/C52H86O5/c1-3-5-7-9-11-13-15-17-19-21-22-23-24-25-26-27-28-29-30-31-33-35-37-39-41-43-45-47-52(55)57-50(48-53)49-56-51(54)46-44-42-40-38-36-34-32-20-18-16-14-12-10-8-6-4-2/h5,7,11,13,17,19,22-23,25-26,28-29,31,33,37,39,50,53H,3-4,6,8-10,12,14-16,18,20-21,24,27,30,32,34-36,38,40-49H2,1-2H3/b7-5-,13-11-,19-17-,23-22-,26-25-,29-28-,33-31-,39-37-. The quantitative estimate of drug-likeness (QED) is 0.0379. The van der Waals surface area contributed by atoms with Gasteiger partial charge in [0.2, 0.25) is 0 Å². The van der Waals surface area contributed by atoms with E-state index in [0.717, 1.165) is 89.9 Å². The zero-order valence-corrected chi connectivity index (χ0v) is 36.8. The fraction of sp³-hybridized carbons (Fsp3) is 0.654. The predicted octanol–water partition coefficient (Wildman–Crippen LogP) is 15.2. The lowest BCUT2D eigenvalue weighted by molar-refractivity contribution is -0.161. The Bertz CT molecular complexity index is 1120. The van der Waals surface area contributed by atoms with Crippen LogP contribution in [0.15, 0.2) is 97.2 Å². The van der Waals surface area contributed by atoms with Gasteiger partial charge in [0.1, 0.15) is 6.61 Å². The SMILES string of the molecule is CC/C=C\C/C=C\C/C=C\C/C=C\C/C=C\C/C=C\C/C=C\C/C=C\CCCCC(=O)OC(CO)COC(=O)CCCCCCCCCCCCCCCCCC. The summed E-state index contributed by atoms with van der Waals surface area (Å²) in [5, 5.41) is 9.59. The van der Waals surface area contributed by atoms with E-state index >= 15 is 0 Å². The van der Waals surface area contributed by atoms with Gasteiger partial charge in [0, 0.05) is 12.8 Å². The van der Waals surface area contributed by atoms with E-state index in [1.165, 1.54) is 83.5 Å². The number of unbranched alkanes of at least 4 members (excludes halogenated alkanes) is 17. The van der Waals surface area contributed by atoms with Crippen molar-refractivity contribution in [3.05, 3.63) is 97.2 Å². The lowest BCUT2D eigenvalue weighted by Crippen LogP contribution is -2.28. The zero-order valence-electron chi connectivity index (χ0n) is 36.8. The van der Waals surface area contributed by atoms with Crippen LogP contribution in [0, 0.1) is 0 Å². The second-order valence-electron chi connectivity index (χ2n) is 15.1. The maximum atomic E-state index is 12.2. The minimum Gasteiger partial charge on any atom is -0.462 e. The average molecular weight is 791 g/mol. The molecule has 0 aromatic rings. The lowest BCUT2D eigenvalue weighted by atomic mass is 10.0. The van der Waals surface area contributed by atoms with Crippen LogP contribution in [0.4, 0.5) is 0 Å². The second kappa shape index (κ2) is 47.2. The van der Waals surface area contributed by atoms with Gasteiger partial charge in [-0.2, -0.15) is 0 Å². The first kappa shape index (κ1) is 53.8. The number of hydrogen-bond donors (Lipinski definition) is 1. The molecular weight excluding hydrogens is 705 g/mol. The van der Waals surface area contributed by atoms with Gasteiger partial charge in [-0.1, -0.05) is 207 Å². The normalized spacial score (nSPS) is 13.1. The number of allylic oxidation sites excluding steroid dienone is 16. The lowest BCUT2D eigenvalue weighted by Gasteiger charge is -2.15. The summed E-state index contributed by atoms with van der Waals surface area (Å²) in [5.74, 6) is -0.644. The molecule has 0 bridgehead atoms. The van der Waals surface area contributed by atoms with E-state index in [9.17, 15) is 14.7 Å². The van der Waals surface area contributed by atoms with Crippen LogP contribution in [0.5, 0.6) is 0 Å². The largest absolute Gasteiger partial charge is 0.462 e. The molecule has 0 aromatic carbocycles. The Hall–Kier alpha value is -3.18. The summed E-state index contributed by atoms with van der Waals surface area (Å²) >= 11 is 0. The number of ether oxygens (including phenoxy) is 2. The molecule has 1 unspecified atom stereocenters. The van der Waals surface area contributed by atoms with Gasteiger partial charge in [0.25, 0.3) is 0 Å². The minimum absolute atomic E-state index is 0.0870. The molecule has 5 nitrogen and oxygen atoms in total. The Morgan fingerprint density at radius 3 is 1.14 bits per heavy atom. The van der Waals surface area contributed by atoms with Crippen molar-refractivity contribution in [3.63, 3.8) is 0 Å². The molecule has 57 heavy (non-hydrogen) atoms. The maximum Gasteiger partial charge on any atom is 0.306 e. The van der Waals surface area contributed by atoms with Crippen LogP contribution in [0.1, 0.15) is 200 Å². The molecule has 0 rings (SSSR count). The van der Waals surface area contributed by atoms with E-state index in [1.54, 1.807) is 0 Å². The van der Waals surface area contributed by atoms with Crippen molar-refractivity contribution in [2.75, 3.05) is 13.2 Å². The number of rotatable bonds is 41. The Morgan fingerprint density at radius 2 is 0.754 bits per heavy atom. The molecule has 0 radical (unpaired) electrons. The molecule has 324 valence electrons. The molecule has 1 atom stereocenters. The summed E-state index contributed by atoms with van der Waals surface area (Å²) in [4.78, 5) is 24.4. The van der Waals surface area contributed by atoms with Crippen molar-refractivity contribution in [1.29, 1.82) is 0 Å². The highest BCUT2D eigenvalue weighted by Crippen LogP contribution is 2.14. The molecule has 1 N–H and O–H groups in total. The van der Waals surface area contributed by atoms with Gasteiger partial charge in [-0.3, -0.25) is 9.59 Å². The van der Waals surface area contributed by atoms with Crippen molar-refractivity contribution >= 4 is 11.9 Å². The number of hydrogen-bond acceptors (Lipinski definition) is 5. The van der Waals surface area contributed by atoms with E-state index in [0.29, 0.717) is 12.8 Å². The Labute approximate surface area is 351 Å². The summed E-state index contributed by atoms with van der Waals surface area (Å²) in [6.07, 6.45) is 66.3. The van der Waals surface area contributed by atoms with Crippen molar-refractivity contribution in [2.45, 2.75) is 206 Å². The first-order valence-corrected chi connectivity index (χ1v) is 23.3. The highest BCUT2D eigenvalue weighted by atomic mass is 16.6. The van der Waals surface area contributed by atoms with Crippen LogP contribution < -0.4 is 0 Å². The minimum atomic E-state index is -0.799. The van der Waals surface area contributed by atoms with Gasteiger partial charge >= 0.3 is 11.9 Å². The van der Waals surface area contributed by atoms with Crippen molar-refractivity contribution < 1.29 is 24.2 Å². The first-order valence-electron chi connectivity index (χ1n) is 23.3. The van der Waals surface area contributed by atoms with E-state index in [2.05, 4.69) is 111 Å². The number of esters is 2. The zero-order chi connectivity index (χ0) is 41.4. The van der Waals surface area contributed by atoms with Crippen LogP contribution >= 0.6 is 0 Å². The molecule has 0 fully saturated rings. The van der Waals surface area contributed by atoms with Crippen LogP contribution in [-0.4, -0.2) is 36.4 Å². The first-order chi connectivity index (χ1) is 28.1. The number of carbonyl (C=O) groups excluding carboxylic acids is 2. The van der Waals surface area contributed by atoms with E-state index in [-0.39, 0.29) is 25.2 Å². The number of carbonyl (C=O) groups is 2. The summed E-state index contributed by atoms with van der Waals surface area (Å²) in [5.41, 5.74) is 0. The highest BCUT2D eigenvalue weighted by molar-refractivity contribution is 5.70. The molecule has 0 aliphatic carbocycles. The molecular formula is C52H86O5. The third kappa shape index (κ3) is 45.4. The van der Waals surface area contributed by atoms with E-state index in [1.807, 2.05) is 0 Å². The monoisotopic (exact) mass is 791 g/mol. The third-order valence-corrected chi connectivity index (χ3v) is 9.64. The van der Waals surface area contributed by atoms with Crippen LogP contribution in [0.25, 0.3) is 0 Å².